The van der Waals surface area contributed by atoms with E-state index in [1.54, 1.807) is 38.4 Å². The number of nitrogens with two attached hydrogens (primary N) is 1. The number of hydrogen-bond donors (Lipinski definition) is 2. The highest BCUT2D eigenvalue weighted by Crippen LogP contribution is 2.06. The molecule has 5 nitrogen and oxygen atoms in total. The third-order valence-electron chi connectivity index (χ3n) is 2.23. The summed E-state index contributed by atoms with van der Waals surface area (Å²) >= 11 is 0. The molecule has 0 atom stereocenters. The van der Waals surface area contributed by atoms with Gasteiger partial charge in [-0.15, -0.1) is 0 Å². The topological polar surface area (TPSA) is 75.4 Å². The van der Waals surface area contributed by atoms with E-state index in [9.17, 15) is 9.59 Å². The van der Waals surface area contributed by atoms with Crippen molar-refractivity contribution in [3.63, 3.8) is 0 Å². The Morgan fingerprint density at radius 2 is 1.71 bits per heavy atom. The zero-order chi connectivity index (χ0) is 12.8. The summed E-state index contributed by atoms with van der Waals surface area (Å²) in [6.45, 7) is 0.847. The molecule has 0 saturated heterocycles. The molecular weight excluding hydrogens is 218 g/mol. The van der Waals surface area contributed by atoms with Gasteiger partial charge >= 0.3 is 0 Å². The summed E-state index contributed by atoms with van der Waals surface area (Å²) in [6.07, 6.45) is 0. The van der Waals surface area contributed by atoms with Crippen LogP contribution in [0.5, 0.6) is 0 Å². The Labute approximate surface area is 101 Å². The van der Waals surface area contributed by atoms with Crippen LogP contribution in [0.25, 0.3) is 0 Å². The molecule has 1 aromatic rings. The number of rotatable bonds is 4. The van der Waals surface area contributed by atoms with Gasteiger partial charge in [-0.05, 0) is 24.3 Å². The smallest absolute Gasteiger partial charge is 0.253 e. The van der Waals surface area contributed by atoms with Gasteiger partial charge in [-0.3, -0.25) is 9.59 Å². The SMILES string of the molecule is CN(C)C(=O)c1ccc(C(=O)NCCN)cc1. The highest BCUT2D eigenvalue weighted by atomic mass is 16.2. The van der Waals surface area contributed by atoms with Crippen LogP contribution in [0.1, 0.15) is 20.7 Å². The second-order valence-electron chi connectivity index (χ2n) is 3.82. The third kappa shape index (κ3) is 3.57. The summed E-state index contributed by atoms with van der Waals surface area (Å²) in [5.74, 6) is -0.266. The maximum Gasteiger partial charge on any atom is 0.253 e. The van der Waals surface area contributed by atoms with Gasteiger partial charge in [0.2, 0.25) is 0 Å². The van der Waals surface area contributed by atoms with Crippen molar-refractivity contribution < 1.29 is 9.59 Å². The Balaban J connectivity index is 2.74. The molecule has 0 radical (unpaired) electrons. The molecule has 5 heteroatoms. The molecule has 0 aliphatic carbocycles. The normalized spacial score (nSPS) is 9.82. The molecular formula is C12H17N3O2. The third-order valence-corrected chi connectivity index (χ3v) is 2.23. The van der Waals surface area contributed by atoms with Crippen LogP contribution in [-0.4, -0.2) is 43.9 Å². The minimum atomic E-state index is -0.181. The fourth-order valence-corrected chi connectivity index (χ4v) is 1.31. The summed E-state index contributed by atoms with van der Waals surface area (Å²) in [6, 6.07) is 6.53. The van der Waals surface area contributed by atoms with E-state index in [0.717, 1.165) is 0 Å². The molecule has 3 N–H and O–H groups in total. The first-order chi connectivity index (χ1) is 8.06. The summed E-state index contributed by atoms with van der Waals surface area (Å²) in [7, 11) is 3.37. The van der Waals surface area contributed by atoms with Gasteiger partial charge < -0.3 is 16.0 Å². The Morgan fingerprint density at radius 3 is 2.18 bits per heavy atom. The molecule has 17 heavy (non-hydrogen) atoms. The molecule has 0 aromatic heterocycles. The standard InChI is InChI=1S/C12H17N3O2/c1-15(2)12(17)10-5-3-9(4-6-10)11(16)14-8-7-13/h3-6H,7-8,13H2,1-2H3,(H,14,16). The van der Waals surface area contributed by atoms with E-state index in [-0.39, 0.29) is 11.8 Å². The molecule has 0 fully saturated rings. The van der Waals surface area contributed by atoms with Crippen LogP contribution in [0, 0.1) is 0 Å². The monoisotopic (exact) mass is 235 g/mol. The second-order valence-corrected chi connectivity index (χ2v) is 3.82. The molecule has 1 aromatic carbocycles. The molecule has 92 valence electrons. The average Bonchev–Trinajstić information content (AvgIpc) is 2.35. The predicted molar refractivity (Wildman–Crippen MR) is 65.8 cm³/mol. The van der Waals surface area contributed by atoms with Crippen molar-refractivity contribution in [2.45, 2.75) is 0 Å². The minimum Gasteiger partial charge on any atom is -0.351 e. The average molecular weight is 235 g/mol. The van der Waals surface area contributed by atoms with Gasteiger partial charge in [-0.25, -0.2) is 0 Å². The summed E-state index contributed by atoms with van der Waals surface area (Å²) < 4.78 is 0. The van der Waals surface area contributed by atoms with E-state index in [4.69, 9.17) is 5.73 Å². The van der Waals surface area contributed by atoms with Crippen molar-refractivity contribution in [1.82, 2.24) is 10.2 Å². The first-order valence-corrected chi connectivity index (χ1v) is 5.36. The second kappa shape index (κ2) is 6.00. The molecule has 0 saturated carbocycles. The Bertz CT molecular complexity index is 399. The van der Waals surface area contributed by atoms with E-state index in [2.05, 4.69) is 5.32 Å². The predicted octanol–water partition coefficient (Wildman–Crippen LogP) is 0.0769. The lowest BCUT2D eigenvalue weighted by atomic mass is 10.1. The lowest BCUT2D eigenvalue weighted by Gasteiger charge is -2.10. The number of benzene rings is 1. The summed E-state index contributed by atoms with van der Waals surface area (Å²) in [5, 5.41) is 2.66. The number of carbonyl (C=O) groups excluding carboxylic acids is 2. The first-order valence-electron chi connectivity index (χ1n) is 5.36. The Kier molecular flexibility index (Phi) is 4.66. The fraction of sp³-hybridized carbons (Fsp3) is 0.333. The van der Waals surface area contributed by atoms with Crippen LogP contribution in [0.4, 0.5) is 0 Å². The largest absolute Gasteiger partial charge is 0.351 e. The maximum atomic E-state index is 11.6. The van der Waals surface area contributed by atoms with E-state index in [1.165, 1.54) is 4.90 Å². The van der Waals surface area contributed by atoms with Crippen LogP contribution in [0.15, 0.2) is 24.3 Å². The molecule has 0 spiro atoms. The molecule has 0 aliphatic rings. The molecule has 2 amide bonds. The molecule has 1 rings (SSSR count). The van der Waals surface area contributed by atoms with Crippen molar-refractivity contribution in [1.29, 1.82) is 0 Å². The molecule has 0 aliphatic heterocycles. The van der Waals surface area contributed by atoms with Crippen LogP contribution in [0.2, 0.25) is 0 Å². The Hall–Kier alpha value is -1.88. The van der Waals surface area contributed by atoms with Gasteiger partial charge in [0.15, 0.2) is 0 Å². The van der Waals surface area contributed by atoms with E-state index < -0.39 is 0 Å². The van der Waals surface area contributed by atoms with Crippen LogP contribution >= 0.6 is 0 Å². The molecule has 0 heterocycles. The minimum absolute atomic E-state index is 0.0843. The lowest BCUT2D eigenvalue weighted by molar-refractivity contribution is 0.0826. The molecule has 0 bridgehead atoms. The number of carbonyl (C=O) groups is 2. The van der Waals surface area contributed by atoms with Gasteiger partial charge in [0.25, 0.3) is 11.8 Å². The zero-order valence-corrected chi connectivity index (χ0v) is 10.1. The summed E-state index contributed by atoms with van der Waals surface area (Å²) in [5.41, 5.74) is 6.37. The first kappa shape index (κ1) is 13.2. The van der Waals surface area contributed by atoms with Gasteiger partial charge in [0.1, 0.15) is 0 Å². The van der Waals surface area contributed by atoms with Crippen molar-refractivity contribution >= 4 is 11.8 Å². The van der Waals surface area contributed by atoms with Crippen LogP contribution < -0.4 is 11.1 Å². The van der Waals surface area contributed by atoms with Crippen molar-refractivity contribution in [2.75, 3.05) is 27.2 Å². The lowest BCUT2D eigenvalue weighted by Crippen LogP contribution is -2.29. The van der Waals surface area contributed by atoms with Gasteiger partial charge in [0.05, 0.1) is 0 Å². The van der Waals surface area contributed by atoms with Crippen molar-refractivity contribution in [2.24, 2.45) is 5.73 Å². The zero-order valence-electron chi connectivity index (χ0n) is 10.1. The van der Waals surface area contributed by atoms with Crippen LogP contribution in [0.3, 0.4) is 0 Å². The van der Waals surface area contributed by atoms with Gasteiger partial charge in [-0.2, -0.15) is 0 Å². The molecule has 0 unspecified atom stereocenters. The van der Waals surface area contributed by atoms with E-state index >= 15 is 0 Å². The summed E-state index contributed by atoms with van der Waals surface area (Å²) in [4.78, 5) is 24.7. The van der Waals surface area contributed by atoms with Gasteiger partial charge in [0, 0.05) is 38.3 Å². The number of nitrogens with one attached hydrogen (secondary N) is 1. The van der Waals surface area contributed by atoms with Crippen molar-refractivity contribution in [3.8, 4) is 0 Å². The Morgan fingerprint density at radius 1 is 1.18 bits per heavy atom. The maximum absolute atomic E-state index is 11.6. The van der Waals surface area contributed by atoms with Crippen LogP contribution in [-0.2, 0) is 0 Å². The van der Waals surface area contributed by atoms with Crippen molar-refractivity contribution in [3.05, 3.63) is 35.4 Å². The highest BCUT2D eigenvalue weighted by molar-refractivity contribution is 5.97. The van der Waals surface area contributed by atoms with E-state index in [1.807, 2.05) is 0 Å². The quantitative estimate of drug-likeness (QED) is 0.776. The number of nitrogens with zero attached hydrogens (tertiary/aromatic N) is 1. The van der Waals surface area contributed by atoms with Gasteiger partial charge in [-0.1, -0.05) is 0 Å². The number of amides is 2. The number of hydrogen-bond acceptors (Lipinski definition) is 3. The highest BCUT2D eigenvalue weighted by Gasteiger charge is 2.09. The van der Waals surface area contributed by atoms with E-state index in [0.29, 0.717) is 24.2 Å². The fourth-order valence-electron chi connectivity index (χ4n) is 1.31.